The van der Waals surface area contributed by atoms with Crippen LogP contribution in [0.3, 0.4) is 0 Å². The topological polar surface area (TPSA) is 332 Å². The van der Waals surface area contributed by atoms with E-state index in [9.17, 15) is 48.6 Å². The van der Waals surface area contributed by atoms with Gasteiger partial charge in [-0.1, -0.05) is 90.1 Å². The second kappa shape index (κ2) is 28.6. The summed E-state index contributed by atoms with van der Waals surface area (Å²) in [6, 6.07) is 12.5. The lowest BCUT2D eigenvalue weighted by molar-refractivity contribution is -0.144. The zero-order valence-corrected chi connectivity index (χ0v) is 46.5. The van der Waals surface area contributed by atoms with E-state index >= 15 is 0 Å². The number of aliphatic hydroxyl groups excluding tert-OH is 2. The second-order valence-electron chi connectivity index (χ2n) is 21.3. The number of aliphatic hydroxyl groups is 2. The Morgan fingerprint density at radius 1 is 0.610 bits per heavy atom. The molecule has 23 heteroatoms. The summed E-state index contributed by atoms with van der Waals surface area (Å²) >= 11 is 3.17. The number of aryl methyl sites for hydroxylation is 2. The summed E-state index contributed by atoms with van der Waals surface area (Å²) in [5.74, 6) is -4.73. The van der Waals surface area contributed by atoms with Crippen LogP contribution in [0.25, 0.3) is 20.9 Å². The van der Waals surface area contributed by atoms with Gasteiger partial charge in [0.1, 0.15) is 18.1 Å². The van der Waals surface area contributed by atoms with Crippen molar-refractivity contribution in [2.24, 2.45) is 16.6 Å². The molecule has 2 aromatic heterocycles. The van der Waals surface area contributed by atoms with Gasteiger partial charge in [0.05, 0.1) is 50.4 Å². The van der Waals surface area contributed by atoms with Crippen molar-refractivity contribution in [2.45, 2.75) is 156 Å². The number of carbonyl (C=O) groups excluding carboxylic acids is 5. The lowest BCUT2D eigenvalue weighted by atomic mass is 9.85. The van der Waals surface area contributed by atoms with Gasteiger partial charge >= 0.3 is 17.9 Å². The van der Waals surface area contributed by atoms with Gasteiger partial charge in [-0.3, -0.25) is 38.4 Å². The minimum atomic E-state index is -0.994. The van der Waals surface area contributed by atoms with Gasteiger partial charge in [0, 0.05) is 64.7 Å². The van der Waals surface area contributed by atoms with Gasteiger partial charge in [0.2, 0.25) is 29.5 Å². The number of thiazole rings is 2. The third kappa shape index (κ3) is 19.4. The molecule has 6 rings (SSSR count). The van der Waals surface area contributed by atoms with Gasteiger partial charge in [0.25, 0.3) is 0 Å². The van der Waals surface area contributed by atoms with E-state index in [2.05, 4.69) is 25.9 Å². The minimum Gasteiger partial charge on any atom is -0.481 e. The lowest BCUT2D eigenvalue weighted by Crippen LogP contribution is -2.57. The molecule has 0 aliphatic carbocycles. The fraction of sp³-hybridized carbons (Fsp3) is 0.519. The highest BCUT2D eigenvalue weighted by Crippen LogP contribution is 2.30. The Morgan fingerprint density at radius 3 is 1.32 bits per heavy atom. The third-order valence-electron chi connectivity index (χ3n) is 12.8. The van der Waals surface area contributed by atoms with Crippen molar-refractivity contribution in [3.8, 4) is 20.9 Å². The van der Waals surface area contributed by atoms with Crippen LogP contribution in [-0.2, 0) is 51.4 Å². The summed E-state index contributed by atoms with van der Waals surface area (Å²) in [5, 5.41) is 53.7. The fourth-order valence-corrected chi connectivity index (χ4v) is 9.94. The standard InChI is InChI=1S/C27H36N4O6S.C22H30N4O3S.C5H8O4/c1-16-23(38-15-29-16)18-10-8-17(9-11-18)13-28-25(36)20-12-19(32)14-31(20)26(37)24(27(2,3)4)30-21(33)6-5-7-22(34)35;1-13-18(30-12-25-13)15-7-5-14(6-8-15)10-24-20(28)17-9-16(27)11-26(17)21(29)19(23)22(2,3)4;6-4(7)2-1-3-5(8)9/h8-11,15,19-20,24,32H,5-7,12-14H2,1-4H3,(H,28,36)(H,30,33)(H,34,35);5-8,12,16-17,19,27H,9-11,23H2,1-4H3,(H,24,28);1-3H2,(H,6,7)(H,8,9)/t19-,20-,24+;16-,17-,19+;/m00./s1. The molecule has 5 amide bonds. The van der Waals surface area contributed by atoms with Crippen LogP contribution in [0.5, 0.6) is 0 Å². The number of likely N-dealkylation sites (tertiary alicyclic amines) is 2. The van der Waals surface area contributed by atoms with Crippen molar-refractivity contribution >= 4 is 70.1 Å². The number of hydrogen-bond acceptors (Lipinski definition) is 15. The molecule has 0 radical (unpaired) electrons. The van der Waals surface area contributed by atoms with Crippen molar-refractivity contribution in [1.82, 2.24) is 35.7 Å². The van der Waals surface area contributed by atoms with Crippen LogP contribution < -0.4 is 21.7 Å². The molecule has 420 valence electrons. The number of benzene rings is 2. The monoisotopic (exact) mass is 1110 g/mol. The van der Waals surface area contributed by atoms with E-state index in [0.717, 1.165) is 43.4 Å². The second-order valence-corrected chi connectivity index (χ2v) is 23.0. The molecular formula is C54H74N8O13S2. The highest BCUT2D eigenvalue weighted by atomic mass is 32.1. The number of amides is 5. The molecule has 10 N–H and O–H groups in total. The average Bonchev–Trinajstić information content (AvgIpc) is 4.18. The van der Waals surface area contributed by atoms with Gasteiger partial charge in [-0.05, 0) is 59.8 Å². The van der Waals surface area contributed by atoms with Gasteiger partial charge in [0.15, 0.2) is 0 Å². The number of hydrogen-bond donors (Lipinski definition) is 9. The summed E-state index contributed by atoms with van der Waals surface area (Å²) in [5.41, 5.74) is 14.6. The molecule has 2 saturated heterocycles. The van der Waals surface area contributed by atoms with Crippen molar-refractivity contribution in [3.63, 3.8) is 0 Å². The van der Waals surface area contributed by atoms with Gasteiger partial charge in [-0.2, -0.15) is 0 Å². The number of aliphatic carboxylic acids is 3. The Bertz CT molecular complexity index is 2650. The summed E-state index contributed by atoms with van der Waals surface area (Å²) in [6.07, 6.45) is -1.19. The third-order valence-corrected chi connectivity index (χ3v) is 14.7. The number of nitrogens with zero attached hydrogens (tertiary/aromatic N) is 4. The van der Waals surface area contributed by atoms with Crippen molar-refractivity contribution in [3.05, 3.63) is 82.1 Å². The Labute approximate surface area is 456 Å². The maximum atomic E-state index is 13.5. The summed E-state index contributed by atoms with van der Waals surface area (Å²) in [7, 11) is 0. The van der Waals surface area contributed by atoms with Crippen LogP contribution >= 0.6 is 22.7 Å². The molecule has 2 aliphatic heterocycles. The van der Waals surface area contributed by atoms with Gasteiger partial charge in [-0.15, -0.1) is 22.7 Å². The number of aromatic nitrogens is 2. The van der Waals surface area contributed by atoms with Crippen LogP contribution in [0, 0.1) is 24.7 Å². The van der Waals surface area contributed by atoms with E-state index in [1.165, 1.54) is 9.80 Å². The molecule has 0 spiro atoms. The predicted octanol–water partition coefficient (Wildman–Crippen LogP) is 4.88. The zero-order valence-electron chi connectivity index (χ0n) is 44.9. The molecule has 4 heterocycles. The maximum Gasteiger partial charge on any atom is 0.303 e. The first kappa shape index (κ1) is 62.9. The number of carboxylic acid groups (broad SMARTS) is 3. The molecule has 0 bridgehead atoms. The predicted molar refractivity (Wildman–Crippen MR) is 290 cm³/mol. The van der Waals surface area contributed by atoms with Gasteiger partial charge < -0.3 is 57.0 Å². The van der Waals surface area contributed by atoms with E-state index in [4.69, 9.17) is 21.1 Å². The Hall–Kier alpha value is -6.66. The quantitative estimate of drug-likeness (QED) is 0.0604. The van der Waals surface area contributed by atoms with Crippen molar-refractivity contribution in [2.75, 3.05) is 13.1 Å². The maximum absolute atomic E-state index is 13.5. The number of carbonyl (C=O) groups is 8. The van der Waals surface area contributed by atoms with E-state index in [0.29, 0.717) is 6.54 Å². The molecule has 77 heavy (non-hydrogen) atoms. The first-order valence-electron chi connectivity index (χ1n) is 25.3. The van der Waals surface area contributed by atoms with Crippen LogP contribution in [0.1, 0.15) is 115 Å². The minimum absolute atomic E-state index is 0.0126. The summed E-state index contributed by atoms with van der Waals surface area (Å²) in [6.45, 7) is 15.7. The molecule has 2 fully saturated rings. The fourth-order valence-electron chi connectivity index (χ4n) is 8.32. The van der Waals surface area contributed by atoms with Crippen molar-refractivity contribution in [1.29, 1.82) is 0 Å². The molecule has 6 atom stereocenters. The van der Waals surface area contributed by atoms with E-state index in [-0.39, 0.29) is 88.7 Å². The Kier molecular flexibility index (Phi) is 23.4. The smallest absolute Gasteiger partial charge is 0.303 e. The highest BCUT2D eigenvalue weighted by Gasteiger charge is 2.45. The largest absolute Gasteiger partial charge is 0.481 e. The SMILES string of the molecule is Cc1ncsc1-c1ccc(CNC(=O)[C@@H]2C[C@H](O)CN2C(=O)[C@@H](N)C(C)(C)C)cc1.Cc1ncsc1-c1ccc(CNC(=O)[C@@H]2C[C@H](O)CN2C(=O)[C@@H](NC(=O)CCCC(=O)O)C(C)(C)C)cc1.O=C(O)CCCC(=O)O. The first-order chi connectivity index (χ1) is 36.1. The Morgan fingerprint density at radius 2 is 0.987 bits per heavy atom. The van der Waals surface area contributed by atoms with Crippen LogP contribution in [0.4, 0.5) is 0 Å². The summed E-state index contributed by atoms with van der Waals surface area (Å²) < 4.78 is 0. The molecular weight excluding hydrogens is 1030 g/mol. The molecule has 4 aromatic rings. The molecule has 2 aliphatic rings. The zero-order chi connectivity index (χ0) is 57.4. The average molecular weight is 1110 g/mol. The van der Waals surface area contributed by atoms with Crippen LogP contribution in [0.15, 0.2) is 59.6 Å². The van der Waals surface area contributed by atoms with Crippen LogP contribution in [0.2, 0.25) is 0 Å². The number of carboxylic acids is 3. The number of rotatable bonds is 19. The van der Waals surface area contributed by atoms with E-state index in [1.807, 2.05) is 88.7 Å². The normalized spacial score (nSPS) is 17.9. The van der Waals surface area contributed by atoms with E-state index < -0.39 is 76.9 Å². The number of β-amino-alcohol motifs (C(OH)–C–C–N with tert-alkyl or cyclic N) is 2. The van der Waals surface area contributed by atoms with Gasteiger partial charge in [-0.25, -0.2) is 9.97 Å². The lowest BCUT2D eigenvalue weighted by Gasteiger charge is -2.35. The first-order valence-corrected chi connectivity index (χ1v) is 27.0. The highest BCUT2D eigenvalue weighted by molar-refractivity contribution is 7.13. The van der Waals surface area contributed by atoms with E-state index in [1.54, 1.807) is 49.0 Å². The van der Waals surface area contributed by atoms with Crippen LogP contribution in [-0.4, -0.2) is 142 Å². The number of nitrogens with one attached hydrogen (secondary N) is 3. The number of nitrogens with two attached hydrogens (primary N) is 1. The summed E-state index contributed by atoms with van der Waals surface area (Å²) in [4.78, 5) is 109. The molecule has 0 unspecified atom stereocenters. The molecule has 2 aromatic carbocycles. The molecule has 21 nitrogen and oxygen atoms in total. The van der Waals surface area contributed by atoms with Crippen molar-refractivity contribution < 1.29 is 63.9 Å². The Balaban J connectivity index is 0.000000292. The molecule has 0 saturated carbocycles.